The van der Waals surface area contributed by atoms with Gasteiger partial charge in [0.05, 0.1) is 0 Å². The summed E-state index contributed by atoms with van der Waals surface area (Å²) in [5.41, 5.74) is 0. The Morgan fingerprint density at radius 1 is 0.933 bits per heavy atom. The zero-order chi connectivity index (χ0) is 10.5. The molecule has 0 saturated heterocycles. The monoisotopic (exact) mass is 209 g/mol. The van der Waals surface area contributed by atoms with Crippen molar-refractivity contribution in [1.82, 2.24) is 5.32 Å². The van der Waals surface area contributed by atoms with E-state index in [-0.39, 0.29) is 0 Å². The van der Waals surface area contributed by atoms with Crippen molar-refractivity contribution in [3.63, 3.8) is 0 Å². The molecule has 0 aromatic heterocycles. The third kappa shape index (κ3) is 3.48. The summed E-state index contributed by atoms with van der Waals surface area (Å²) in [4.78, 5) is 0. The fourth-order valence-corrected chi connectivity index (χ4v) is 3.70. The minimum absolute atomic E-state index is 0.843. The van der Waals surface area contributed by atoms with E-state index in [1.807, 2.05) is 0 Å². The van der Waals surface area contributed by atoms with Gasteiger partial charge in [0.25, 0.3) is 0 Å². The van der Waals surface area contributed by atoms with Gasteiger partial charge in [0, 0.05) is 6.04 Å². The zero-order valence-electron chi connectivity index (χ0n) is 10.3. The van der Waals surface area contributed by atoms with Gasteiger partial charge in [-0.3, -0.25) is 0 Å². The van der Waals surface area contributed by atoms with Crippen LogP contribution >= 0.6 is 0 Å². The molecule has 0 bridgehead atoms. The third-order valence-corrected chi connectivity index (χ3v) is 4.42. The number of hydrogen-bond donors (Lipinski definition) is 1. The Morgan fingerprint density at radius 2 is 1.67 bits per heavy atom. The summed E-state index contributed by atoms with van der Waals surface area (Å²) in [5, 5.41) is 3.64. The van der Waals surface area contributed by atoms with E-state index in [0.717, 1.165) is 24.4 Å². The maximum atomic E-state index is 3.64. The van der Waals surface area contributed by atoms with E-state index in [2.05, 4.69) is 12.2 Å². The third-order valence-electron chi connectivity index (χ3n) is 4.42. The quantitative estimate of drug-likeness (QED) is 0.744. The molecule has 2 saturated carbocycles. The first-order valence-corrected chi connectivity index (χ1v) is 7.12. The molecule has 0 aromatic rings. The minimum atomic E-state index is 0.843. The molecule has 1 heteroatoms. The van der Waals surface area contributed by atoms with Crippen LogP contribution in [0.3, 0.4) is 0 Å². The Labute approximate surface area is 95.0 Å². The molecule has 1 N–H and O–H groups in total. The Bertz CT molecular complexity index is 170. The lowest BCUT2D eigenvalue weighted by atomic mass is 9.80. The van der Waals surface area contributed by atoms with Crippen molar-refractivity contribution in [3.05, 3.63) is 0 Å². The molecule has 0 spiro atoms. The van der Waals surface area contributed by atoms with Gasteiger partial charge < -0.3 is 5.32 Å². The topological polar surface area (TPSA) is 12.0 Å². The highest BCUT2D eigenvalue weighted by atomic mass is 14.9. The molecule has 0 heterocycles. The first-order valence-electron chi connectivity index (χ1n) is 7.12. The Hall–Kier alpha value is -0.0400. The summed E-state index contributed by atoms with van der Waals surface area (Å²) in [6.45, 7) is 3.39. The summed E-state index contributed by atoms with van der Waals surface area (Å²) in [7, 11) is 0. The van der Waals surface area contributed by atoms with Gasteiger partial charge >= 0.3 is 0 Å². The molecule has 2 aliphatic rings. The van der Waals surface area contributed by atoms with Gasteiger partial charge in [-0.25, -0.2) is 0 Å². The molecule has 88 valence electrons. The fourth-order valence-electron chi connectivity index (χ4n) is 3.70. The van der Waals surface area contributed by atoms with E-state index < -0.39 is 0 Å². The molecular formula is C14H27N. The van der Waals surface area contributed by atoms with Crippen LogP contribution in [0.2, 0.25) is 0 Å². The van der Waals surface area contributed by atoms with E-state index in [4.69, 9.17) is 0 Å². The summed E-state index contributed by atoms with van der Waals surface area (Å²) >= 11 is 0. The number of rotatable bonds is 4. The molecule has 0 aliphatic heterocycles. The zero-order valence-corrected chi connectivity index (χ0v) is 10.3. The standard InChI is InChI=1S/C14H27N/c1-2-15-14-9-5-8-13(11-14)10-12-6-3-4-7-12/h12-15H,2-11H2,1H3. The molecule has 2 unspecified atom stereocenters. The summed E-state index contributed by atoms with van der Waals surface area (Å²) < 4.78 is 0. The van der Waals surface area contributed by atoms with Crippen molar-refractivity contribution >= 4 is 0 Å². The van der Waals surface area contributed by atoms with Crippen LogP contribution in [-0.2, 0) is 0 Å². The molecule has 0 radical (unpaired) electrons. The molecule has 2 aliphatic carbocycles. The van der Waals surface area contributed by atoms with Gasteiger partial charge in [0.15, 0.2) is 0 Å². The van der Waals surface area contributed by atoms with Crippen LogP contribution < -0.4 is 5.32 Å². The van der Waals surface area contributed by atoms with Crippen molar-refractivity contribution in [2.24, 2.45) is 11.8 Å². The molecule has 2 fully saturated rings. The van der Waals surface area contributed by atoms with Gasteiger partial charge in [-0.2, -0.15) is 0 Å². The number of nitrogens with one attached hydrogen (secondary N) is 1. The predicted octanol–water partition coefficient (Wildman–Crippen LogP) is 3.74. The molecular weight excluding hydrogens is 182 g/mol. The van der Waals surface area contributed by atoms with Crippen LogP contribution in [0.15, 0.2) is 0 Å². The largest absolute Gasteiger partial charge is 0.314 e. The average Bonchev–Trinajstić information content (AvgIpc) is 2.71. The second-order valence-corrected chi connectivity index (χ2v) is 5.67. The lowest BCUT2D eigenvalue weighted by Gasteiger charge is -2.31. The van der Waals surface area contributed by atoms with Crippen molar-refractivity contribution in [2.45, 2.75) is 70.8 Å². The smallest absolute Gasteiger partial charge is 0.00695 e. The Balaban J connectivity index is 1.71. The van der Waals surface area contributed by atoms with Gasteiger partial charge in [0.2, 0.25) is 0 Å². The fraction of sp³-hybridized carbons (Fsp3) is 1.00. The molecule has 1 nitrogen and oxygen atoms in total. The first kappa shape index (κ1) is 11.4. The van der Waals surface area contributed by atoms with E-state index in [1.54, 1.807) is 6.42 Å². The lowest BCUT2D eigenvalue weighted by molar-refractivity contribution is 0.245. The maximum Gasteiger partial charge on any atom is 0.00695 e. The van der Waals surface area contributed by atoms with E-state index in [9.17, 15) is 0 Å². The predicted molar refractivity (Wildman–Crippen MR) is 66.0 cm³/mol. The molecule has 2 rings (SSSR count). The van der Waals surface area contributed by atoms with E-state index >= 15 is 0 Å². The highest BCUT2D eigenvalue weighted by molar-refractivity contribution is 4.80. The molecule has 15 heavy (non-hydrogen) atoms. The van der Waals surface area contributed by atoms with Crippen LogP contribution in [0, 0.1) is 11.8 Å². The highest BCUT2D eigenvalue weighted by Gasteiger charge is 2.25. The van der Waals surface area contributed by atoms with Gasteiger partial charge in [-0.15, -0.1) is 0 Å². The van der Waals surface area contributed by atoms with Crippen molar-refractivity contribution in [3.8, 4) is 0 Å². The Morgan fingerprint density at radius 3 is 2.40 bits per heavy atom. The molecule has 0 aromatic carbocycles. The van der Waals surface area contributed by atoms with Gasteiger partial charge in [0.1, 0.15) is 0 Å². The van der Waals surface area contributed by atoms with Crippen LogP contribution in [0.4, 0.5) is 0 Å². The van der Waals surface area contributed by atoms with E-state index in [1.165, 1.54) is 51.4 Å². The molecule has 0 amide bonds. The van der Waals surface area contributed by atoms with Crippen LogP contribution in [0.5, 0.6) is 0 Å². The highest BCUT2D eigenvalue weighted by Crippen LogP contribution is 2.35. The van der Waals surface area contributed by atoms with Crippen LogP contribution in [0.1, 0.15) is 64.7 Å². The minimum Gasteiger partial charge on any atom is -0.314 e. The summed E-state index contributed by atoms with van der Waals surface area (Å²) in [5.74, 6) is 2.14. The van der Waals surface area contributed by atoms with Gasteiger partial charge in [-0.05, 0) is 37.6 Å². The SMILES string of the molecule is CCNC1CCCC(CC2CCCC2)C1. The lowest BCUT2D eigenvalue weighted by Crippen LogP contribution is -2.34. The van der Waals surface area contributed by atoms with Crippen molar-refractivity contribution in [2.75, 3.05) is 6.54 Å². The summed E-state index contributed by atoms with van der Waals surface area (Å²) in [6.07, 6.45) is 13.5. The second-order valence-electron chi connectivity index (χ2n) is 5.67. The average molecular weight is 209 g/mol. The molecule has 2 atom stereocenters. The maximum absolute atomic E-state index is 3.64. The van der Waals surface area contributed by atoms with Crippen LogP contribution in [-0.4, -0.2) is 12.6 Å². The normalized spacial score (nSPS) is 33.4. The second kappa shape index (κ2) is 5.89. The van der Waals surface area contributed by atoms with Gasteiger partial charge in [-0.1, -0.05) is 45.4 Å². The number of hydrogen-bond acceptors (Lipinski definition) is 1. The van der Waals surface area contributed by atoms with E-state index in [0.29, 0.717) is 0 Å². The van der Waals surface area contributed by atoms with Crippen LogP contribution in [0.25, 0.3) is 0 Å². The van der Waals surface area contributed by atoms with Crippen molar-refractivity contribution in [1.29, 1.82) is 0 Å². The first-order chi connectivity index (χ1) is 7.38. The van der Waals surface area contributed by atoms with Crippen molar-refractivity contribution < 1.29 is 0 Å². The summed E-state index contributed by atoms with van der Waals surface area (Å²) in [6, 6.07) is 0.843. The Kier molecular flexibility index (Phi) is 4.49.